The molecule has 0 amide bonds. The Balaban J connectivity index is 2.34. The Kier molecular flexibility index (Phi) is 3.14. The minimum atomic E-state index is -4.44. The highest BCUT2D eigenvalue weighted by atomic mass is 19.4. The van der Waals surface area contributed by atoms with Crippen LogP contribution >= 0.6 is 0 Å². The summed E-state index contributed by atoms with van der Waals surface area (Å²) >= 11 is 0. The molecular formula is C11H8F3N3O. The molecule has 0 spiro atoms. The first kappa shape index (κ1) is 12.3. The summed E-state index contributed by atoms with van der Waals surface area (Å²) in [5, 5.41) is 0. The quantitative estimate of drug-likeness (QED) is 0.827. The van der Waals surface area contributed by atoms with Crippen LogP contribution in [0.4, 0.5) is 13.2 Å². The van der Waals surface area contributed by atoms with Crippen LogP contribution in [0.5, 0.6) is 6.01 Å². The Morgan fingerprint density at radius 1 is 1.11 bits per heavy atom. The average molecular weight is 255 g/mol. The smallest absolute Gasteiger partial charge is 0.433 e. The van der Waals surface area contributed by atoms with Gasteiger partial charge in [0.25, 0.3) is 0 Å². The van der Waals surface area contributed by atoms with E-state index in [0.717, 1.165) is 12.3 Å². The summed E-state index contributed by atoms with van der Waals surface area (Å²) in [5.41, 5.74) is -0.0287. The maximum atomic E-state index is 12.3. The number of hydrogen-bond donors (Lipinski definition) is 0. The molecule has 2 aromatic rings. The Hall–Kier alpha value is -2.18. The second-order valence-corrected chi connectivity index (χ2v) is 3.36. The lowest BCUT2D eigenvalue weighted by molar-refractivity contribution is -0.141. The lowest BCUT2D eigenvalue weighted by atomic mass is 10.2. The first-order chi connectivity index (χ1) is 8.50. The molecule has 0 fully saturated rings. The zero-order chi connectivity index (χ0) is 13.2. The average Bonchev–Trinajstić information content (AvgIpc) is 2.38. The second-order valence-electron chi connectivity index (χ2n) is 3.36. The lowest BCUT2D eigenvalue weighted by Gasteiger charge is -2.06. The van der Waals surface area contributed by atoms with Crippen LogP contribution in [0.25, 0.3) is 11.3 Å². The molecule has 18 heavy (non-hydrogen) atoms. The van der Waals surface area contributed by atoms with Crippen molar-refractivity contribution in [3.8, 4) is 17.3 Å². The molecule has 0 aromatic carbocycles. The van der Waals surface area contributed by atoms with E-state index in [1.165, 1.54) is 19.4 Å². The summed E-state index contributed by atoms with van der Waals surface area (Å²) in [5.74, 6) is 0. The third-order valence-corrected chi connectivity index (χ3v) is 2.17. The zero-order valence-electron chi connectivity index (χ0n) is 9.27. The molecule has 7 heteroatoms. The van der Waals surface area contributed by atoms with Gasteiger partial charge in [0.05, 0.1) is 12.8 Å². The lowest BCUT2D eigenvalue weighted by Crippen LogP contribution is -2.07. The van der Waals surface area contributed by atoms with E-state index in [4.69, 9.17) is 4.74 Å². The molecule has 0 unspecified atom stereocenters. The van der Waals surface area contributed by atoms with Gasteiger partial charge in [0.15, 0.2) is 0 Å². The van der Waals surface area contributed by atoms with Crippen molar-refractivity contribution in [2.75, 3.05) is 7.11 Å². The standard InChI is InChI=1S/C11H8F3N3O/c1-18-10-15-5-4-8(17-10)7-2-3-9(16-6-7)11(12,13)14/h2-6H,1H3. The van der Waals surface area contributed by atoms with Crippen molar-refractivity contribution >= 4 is 0 Å². The van der Waals surface area contributed by atoms with E-state index in [9.17, 15) is 13.2 Å². The SMILES string of the molecule is COc1nccc(-c2ccc(C(F)(F)F)nc2)n1. The van der Waals surface area contributed by atoms with Crippen LogP contribution in [0.15, 0.2) is 30.6 Å². The molecule has 0 atom stereocenters. The number of hydrogen-bond acceptors (Lipinski definition) is 4. The third-order valence-electron chi connectivity index (χ3n) is 2.17. The predicted octanol–water partition coefficient (Wildman–Crippen LogP) is 2.57. The first-order valence-corrected chi connectivity index (χ1v) is 4.91. The molecule has 2 heterocycles. The number of halogens is 3. The van der Waals surface area contributed by atoms with Crippen LogP contribution in [0.2, 0.25) is 0 Å². The fraction of sp³-hybridized carbons (Fsp3) is 0.182. The topological polar surface area (TPSA) is 47.9 Å². The molecule has 0 aliphatic rings. The molecule has 0 saturated carbocycles. The highest BCUT2D eigenvalue weighted by Gasteiger charge is 2.32. The maximum Gasteiger partial charge on any atom is 0.433 e. The molecule has 0 aliphatic heterocycles. The van der Waals surface area contributed by atoms with Gasteiger partial charge in [0.2, 0.25) is 0 Å². The number of pyridine rings is 1. The number of aromatic nitrogens is 3. The zero-order valence-corrected chi connectivity index (χ0v) is 9.27. The van der Waals surface area contributed by atoms with Gasteiger partial charge >= 0.3 is 12.2 Å². The Morgan fingerprint density at radius 3 is 2.44 bits per heavy atom. The van der Waals surface area contributed by atoms with Gasteiger partial charge in [-0.15, -0.1) is 0 Å². The van der Waals surface area contributed by atoms with E-state index >= 15 is 0 Å². The third kappa shape index (κ3) is 2.55. The van der Waals surface area contributed by atoms with Crippen LogP contribution in [0.1, 0.15) is 5.69 Å². The van der Waals surface area contributed by atoms with Gasteiger partial charge in [0, 0.05) is 18.0 Å². The van der Waals surface area contributed by atoms with E-state index in [0.29, 0.717) is 11.3 Å². The number of ether oxygens (including phenoxy) is 1. The Labute approximate surface area is 100 Å². The normalized spacial score (nSPS) is 11.3. The summed E-state index contributed by atoms with van der Waals surface area (Å²) in [6, 6.07) is 3.92. The largest absolute Gasteiger partial charge is 0.467 e. The molecule has 0 radical (unpaired) electrons. The molecule has 94 valence electrons. The van der Waals surface area contributed by atoms with E-state index in [-0.39, 0.29) is 6.01 Å². The van der Waals surface area contributed by atoms with E-state index in [2.05, 4.69) is 15.0 Å². The van der Waals surface area contributed by atoms with Crippen molar-refractivity contribution in [1.29, 1.82) is 0 Å². The highest BCUT2D eigenvalue weighted by molar-refractivity contribution is 5.57. The first-order valence-electron chi connectivity index (χ1n) is 4.91. The van der Waals surface area contributed by atoms with Crippen molar-refractivity contribution in [3.63, 3.8) is 0 Å². The summed E-state index contributed by atoms with van der Waals surface area (Å²) in [7, 11) is 1.41. The van der Waals surface area contributed by atoms with Crippen LogP contribution in [0, 0.1) is 0 Å². The molecule has 4 nitrogen and oxygen atoms in total. The van der Waals surface area contributed by atoms with Crippen LogP contribution in [-0.2, 0) is 6.18 Å². The summed E-state index contributed by atoms with van der Waals surface area (Å²) in [4.78, 5) is 11.2. The molecule has 2 rings (SSSR count). The van der Waals surface area contributed by atoms with Gasteiger partial charge in [-0.3, -0.25) is 4.98 Å². The summed E-state index contributed by atoms with van der Waals surface area (Å²) in [6.07, 6.45) is -1.87. The van der Waals surface area contributed by atoms with Crippen molar-refractivity contribution in [2.24, 2.45) is 0 Å². The van der Waals surface area contributed by atoms with E-state index in [1.54, 1.807) is 6.07 Å². The van der Waals surface area contributed by atoms with Gasteiger partial charge in [0.1, 0.15) is 5.69 Å². The number of methoxy groups -OCH3 is 1. The van der Waals surface area contributed by atoms with Crippen molar-refractivity contribution in [2.45, 2.75) is 6.18 Å². The second kappa shape index (κ2) is 4.59. The van der Waals surface area contributed by atoms with Crippen LogP contribution in [0.3, 0.4) is 0 Å². The summed E-state index contributed by atoms with van der Waals surface area (Å²) in [6.45, 7) is 0. The van der Waals surface area contributed by atoms with Gasteiger partial charge in [-0.05, 0) is 18.2 Å². The molecule has 0 saturated heterocycles. The van der Waals surface area contributed by atoms with Crippen LogP contribution < -0.4 is 4.74 Å². The monoisotopic (exact) mass is 255 g/mol. The highest BCUT2D eigenvalue weighted by Crippen LogP contribution is 2.28. The molecule has 0 N–H and O–H groups in total. The van der Waals surface area contributed by atoms with Gasteiger partial charge < -0.3 is 4.74 Å². The Morgan fingerprint density at radius 2 is 1.89 bits per heavy atom. The number of rotatable bonds is 2. The fourth-order valence-electron chi connectivity index (χ4n) is 1.31. The minimum Gasteiger partial charge on any atom is -0.467 e. The van der Waals surface area contributed by atoms with Crippen molar-refractivity contribution < 1.29 is 17.9 Å². The predicted molar refractivity (Wildman–Crippen MR) is 56.8 cm³/mol. The molecule has 0 aliphatic carbocycles. The van der Waals surface area contributed by atoms with Gasteiger partial charge in [-0.2, -0.15) is 18.2 Å². The van der Waals surface area contributed by atoms with Crippen LogP contribution in [-0.4, -0.2) is 22.1 Å². The van der Waals surface area contributed by atoms with Gasteiger partial charge in [-0.1, -0.05) is 0 Å². The van der Waals surface area contributed by atoms with E-state index in [1.807, 2.05) is 0 Å². The van der Waals surface area contributed by atoms with Crippen molar-refractivity contribution in [1.82, 2.24) is 15.0 Å². The van der Waals surface area contributed by atoms with Gasteiger partial charge in [-0.25, -0.2) is 4.98 Å². The van der Waals surface area contributed by atoms with Crippen molar-refractivity contribution in [3.05, 3.63) is 36.3 Å². The molecule has 2 aromatic heterocycles. The number of alkyl halides is 3. The summed E-state index contributed by atoms with van der Waals surface area (Å²) < 4.78 is 41.8. The minimum absolute atomic E-state index is 0.146. The fourth-order valence-corrected chi connectivity index (χ4v) is 1.31. The maximum absolute atomic E-state index is 12.3. The Bertz CT molecular complexity index is 540. The van der Waals surface area contributed by atoms with E-state index < -0.39 is 11.9 Å². The molecule has 0 bridgehead atoms. The number of nitrogens with zero attached hydrogens (tertiary/aromatic N) is 3. The molecular weight excluding hydrogens is 247 g/mol.